The van der Waals surface area contributed by atoms with Crippen LogP contribution in [-0.4, -0.2) is 49.5 Å². The monoisotopic (exact) mass is 313 g/mol. The van der Waals surface area contributed by atoms with Gasteiger partial charge in [0.15, 0.2) is 9.84 Å². The van der Waals surface area contributed by atoms with Crippen LogP contribution in [0.4, 0.5) is 13.2 Å². The summed E-state index contributed by atoms with van der Waals surface area (Å²) in [6.07, 6.45) is -1.68. The Morgan fingerprint density at radius 1 is 1.15 bits per heavy atom. The van der Waals surface area contributed by atoms with Crippen molar-refractivity contribution in [3.05, 3.63) is 0 Å². The molecule has 2 rings (SSSR count). The van der Waals surface area contributed by atoms with E-state index < -0.39 is 45.4 Å². The number of rotatable bonds is 3. The van der Waals surface area contributed by atoms with Crippen LogP contribution in [0.15, 0.2) is 0 Å². The SMILES string of the molecule is O=C(CS(=O)(=O)C1CCCC1)N1CCC(C(F)(F)F)C1. The summed E-state index contributed by atoms with van der Waals surface area (Å²) in [6.45, 7) is -0.425. The number of sulfone groups is 1. The minimum atomic E-state index is -4.32. The summed E-state index contributed by atoms with van der Waals surface area (Å²) in [5.74, 6) is -2.87. The van der Waals surface area contributed by atoms with Crippen molar-refractivity contribution in [2.45, 2.75) is 43.5 Å². The Bertz CT molecular complexity index is 469. The Labute approximate surface area is 116 Å². The highest BCUT2D eigenvalue weighted by Gasteiger charge is 2.45. The Hall–Kier alpha value is -0.790. The number of nitrogens with zero attached hydrogens (tertiary/aromatic N) is 1. The minimum absolute atomic E-state index is 0.0107. The van der Waals surface area contributed by atoms with E-state index in [0.717, 1.165) is 17.7 Å². The van der Waals surface area contributed by atoms with Gasteiger partial charge in [0.1, 0.15) is 5.75 Å². The third kappa shape index (κ3) is 3.45. The van der Waals surface area contributed by atoms with Gasteiger partial charge in [-0.15, -0.1) is 0 Å². The maximum Gasteiger partial charge on any atom is 0.393 e. The lowest BCUT2D eigenvalue weighted by atomic mass is 10.1. The lowest BCUT2D eigenvalue weighted by Gasteiger charge is -2.19. The van der Waals surface area contributed by atoms with Crippen LogP contribution in [0.25, 0.3) is 0 Å². The standard InChI is InChI=1S/C12H18F3NO3S/c13-12(14,15)9-5-6-16(7-9)11(17)8-20(18,19)10-3-1-2-4-10/h9-10H,1-8H2. The van der Waals surface area contributed by atoms with Crippen molar-refractivity contribution in [1.29, 1.82) is 0 Å². The van der Waals surface area contributed by atoms with E-state index in [2.05, 4.69) is 0 Å². The molecule has 1 saturated heterocycles. The van der Waals surface area contributed by atoms with Gasteiger partial charge >= 0.3 is 6.18 Å². The van der Waals surface area contributed by atoms with E-state index in [4.69, 9.17) is 0 Å². The van der Waals surface area contributed by atoms with Crippen molar-refractivity contribution in [2.75, 3.05) is 18.8 Å². The average molecular weight is 313 g/mol. The molecule has 20 heavy (non-hydrogen) atoms. The number of alkyl halides is 3. The van der Waals surface area contributed by atoms with Gasteiger partial charge < -0.3 is 4.90 Å². The maximum atomic E-state index is 12.5. The average Bonchev–Trinajstić information content (AvgIpc) is 3.00. The molecule has 0 bridgehead atoms. The van der Waals surface area contributed by atoms with E-state index in [1.54, 1.807) is 0 Å². The molecule has 8 heteroatoms. The number of halogens is 3. The topological polar surface area (TPSA) is 54.5 Å². The molecule has 1 unspecified atom stereocenters. The van der Waals surface area contributed by atoms with E-state index in [0.29, 0.717) is 12.8 Å². The normalized spacial score (nSPS) is 25.4. The first kappa shape index (κ1) is 15.6. The molecule has 1 amide bonds. The number of hydrogen-bond donors (Lipinski definition) is 0. The Balaban J connectivity index is 1.93. The summed E-state index contributed by atoms with van der Waals surface area (Å²) >= 11 is 0. The van der Waals surface area contributed by atoms with E-state index >= 15 is 0 Å². The van der Waals surface area contributed by atoms with Gasteiger partial charge in [0.25, 0.3) is 0 Å². The van der Waals surface area contributed by atoms with Gasteiger partial charge in [0.2, 0.25) is 5.91 Å². The molecular formula is C12H18F3NO3S. The fourth-order valence-corrected chi connectivity index (χ4v) is 4.70. The molecule has 1 atom stereocenters. The van der Waals surface area contributed by atoms with E-state index in [9.17, 15) is 26.4 Å². The molecule has 116 valence electrons. The third-order valence-electron chi connectivity index (χ3n) is 4.14. The van der Waals surface area contributed by atoms with Gasteiger partial charge in [-0.25, -0.2) is 8.42 Å². The van der Waals surface area contributed by atoms with Crippen molar-refractivity contribution in [2.24, 2.45) is 5.92 Å². The van der Waals surface area contributed by atoms with Gasteiger partial charge in [-0.3, -0.25) is 4.79 Å². The summed E-state index contributed by atoms with van der Waals surface area (Å²) < 4.78 is 61.6. The molecule has 4 nitrogen and oxygen atoms in total. The number of carbonyl (C=O) groups is 1. The molecule has 0 aromatic heterocycles. The smallest absolute Gasteiger partial charge is 0.341 e. The van der Waals surface area contributed by atoms with Crippen LogP contribution >= 0.6 is 0 Å². The highest BCUT2D eigenvalue weighted by molar-refractivity contribution is 7.92. The zero-order valence-corrected chi connectivity index (χ0v) is 11.8. The lowest BCUT2D eigenvalue weighted by Crippen LogP contribution is -2.37. The van der Waals surface area contributed by atoms with Crippen LogP contribution in [0.5, 0.6) is 0 Å². The summed E-state index contributed by atoms with van der Waals surface area (Å²) in [5.41, 5.74) is 0. The second kappa shape index (κ2) is 5.54. The summed E-state index contributed by atoms with van der Waals surface area (Å²) in [7, 11) is -3.52. The number of carbonyl (C=O) groups excluding carboxylic acids is 1. The van der Waals surface area contributed by atoms with E-state index in [-0.39, 0.29) is 13.0 Å². The van der Waals surface area contributed by atoms with Gasteiger partial charge in [0, 0.05) is 13.1 Å². The molecule has 0 N–H and O–H groups in total. The quantitative estimate of drug-likeness (QED) is 0.798. The number of amides is 1. The predicted octanol–water partition coefficient (Wildman–Crippen LogP) is 1.75. The Kier molecular flexibility index (Phi) is 4.32. The zero-order valence-electron chi connectivity index (χ0n) is 11.0. The van der Waals surface area contributed by atoms with Crippen molar-refractivity contribution >= 4 is 15.7 Å². The highest BCUT2D eigenvalue weighted by Crippen LogP contribution is 2.33. The molecule has 0 aromatic carbocycles. The summed E-state index contributed by atoms with van der Waals surface area (Å²) in [5, 5.41) is -0.493. The molecule has 1 saturated carbocycles. The summed E-state index contributed by atoms with van der Waals surface area (Å²) in [4.78, 5) is 12.9. The first-order valence-electron chi connectivity index (χ1n) is 6.76. The molecule has 1 heterocycles. The molecule has 2 fully saturated rings. The second-order valence-electron chi connectivity index (χ2n) is 5.58. The fourth-order valence-electron chi connectivity index (χ4n) is 2.88. The van der Waals surface area contributed by atoms with Crippen LogP contribution in [0.2, 0.25) is 0 Å². The largest absolute Gasteiger partial charge is 0.393 e. The van der Waals surface area contributed by atoms with Gasteiger partial charge in [-0.05, 0) is 19.3 Å². The molecule has 1 aliphatic carbocycles. The molecule has 0 spiro atoms. The molecular weight excluding hydrogens is 295 g/mol. The highest BCUT2D eigenvalue weighted by atomic mass is 32.2. The Morgan fingerprint density at radius 2 is 1.75 bits per heavy atom. The third-order valence-corrected chi connectivity index (χ3v) is 6.28. The lowest BCUT2D eigenvalue weighted by molar-refractivity contribution is -0.170. The van der Waals surface area contributed by atoms with E-state index in [1.807, 2.05) is 0 Å². The van der Waals surface area contributed by atoms with Crippen LogP contribution in [-0.2, 0) is 14.6 Å². The van der Waals surface area contributed by atoms with Crippen molar-refractivity contribution in [3.63, 3.8) is 0 Å². The first-order valence-corrected chi connectivity index (χ1v) is 8.48. The van der Waals surface area contributed by atoms with E-state index in [1.165, 1.54) is 0 Å². The minimum Gasteiger partial charge on any atom is -0.341 e. The van der Waals surface area contributed by atoms with Crippen molar-refractivity contribution in [1.82, 2.24) is 4.90 Å². The Morgan fingerprint density at radius 3 is 2.25 bits per heavy atom. The molecule has 2 aliphatic rings. The van der Waals surface area contributed by atoms with Crippen LogP contribution < -0.4 is 0 Å². The van der Waals surface area contributed by atoms with Gasteiger partial charge in [-0.2, -0.15) is 13.2 Å². The summed E-state index contributed by atoms with van der Waals surface area (Å²) in [6, 6.07) is 0. The van der Waals surface area contributed by atoms with Crippen molar-refractivity contribution < 1.29 is 26.4 Å². The molecule has 0 aromatic rings. The zero-order chi connectivity index (χ0) is 15.0. The maximum absolute atomic E-state index is 12.5. The predicted molar refractivity (Wildman–Crippen MR) is 66.8 cm³/mol. The second-order valence-corrected chi connectivity index (χ2v) is 7.86. The molecule has 1 aliphatic heterocycles. The van der Waals surface area contributed by atoms with Crippen molar-refractivity contribution in [3.8, 4) is 0 Å². The van der Waals surface area contributed by atoms with Crippen LogP contribution in [0, 0.1) is 5.92 Å². The van der Waals surface area contributed by atoms with Gasteiger partial charge in [-0.1, -0.05) is 12.8 Å². The van der Waals surface area contributed by atoms with Crippen LogP contribution in [0.3, 0.4) is 0 Å². The molecule has 0 radical (unpaired) electrons. The first-order chi connectivity index (χ1) is 9.20. The van der Waals surface area contributed by atoms with Crippen LogP contribution in [0.1, 0.15) is 32.1 Å². The number of likely N-dealkylation sites (tertiary alicyclic amines) is 1. The van der Waals surface area contributed by atoms with Gasteiger partial charge in [0.05, 0.1) is 11.2 Å². The number of hydrogen-bond acceptors (Lipinski definition) is 3. The fraction of sp³-hybridized carbons (Fsp3) is 0.917.